The molecular weight excluding hydrogens is 286 g/mol. The van der Waals surface area contributed by atoms with Crippen molar-refractivity contribution in [2.75, 3.05) is 6.61 Å². The van der Waals surface area contributed by atoms with Gasteiger partial charge in [-0.2, -0.15) is 13.2 Å². The smallest absolute Gasteiger partial charge is 0.416 e. The fourth-order valence-electron chi connectivity index (χ4n) is 1.85. The van der Waals surface area contributed by atoms with E-state index in [1.54, 1.807) is 6.92 Å². The number of pyridine rings is 1. The van der Waals surface area contributed by atoms with E-state index in [9.17, 15) is 17.6 Å². The number of nitrogens with zero attached hydrogens (tertiary/aromatic N) is 1. The zero-order chi connectivity index (χ0) is 15.5. The number of alkyl halides is 4. The molecule has 2 rings (SSSR count). The minimum atomic E-state index is -4.43. The molecular formula is C15H13F4NO. The van der Waals surface area contributed by atoms with Crippen molar-refractivity contribution in [3.63, 3.8) is 0 Å². The van der Waals surface area contributed by atoms with Gasteiger partial charge in [-0.05, 0) is 30.7 Å². The van der Waals surface area contributed by atoms with E-state index in [-0.39, 0.29) is 11.1 Å². The Labute approximate surface area is 119 Å². The lowest BCUT2D eigenvalue weighted by molar-refractivity contribution is -0.137. The molecule has 1 unspecified atom stereocenters. The Balaban J connectivity index is 2.23. The van der Waals surface area contributed by atoms with Crippen LogP contribution < -0.4 is 4.74 Å². The van der Waals surface area contributed by atoms with Crippen molar-refractivity contribution in [2.45, 2.75) is 19.3 Å². The van der Waals surface area contributed by atoms with Crippen LogP contribution in [-0.2, 0) is 6.18 Å². The molecule has 0 fully saturated rings. The molecule has 2 aromatic rings. The predicted octanol–water partition coefficient (Wildman–Crippen LogP) is 4.56. The number of ether oxygens (including phenoxy) is 1. The minimum Gasteiger partial charge on any atom is -0.492 e. The Morgan fingerprint density at radius 3 is 2.33 bits per heavy atom. The van der Waals surface area contributed by atoms with Crippen molar-refractivity contribution in [3.05, 3.63) is 59.4 Å². The highest BCUT2D eigenvalue weighted by atomic mass is 19.4. The first-order valence-corrected chi connectivity index (χ1v) is 6.30. The molecule has 0 aliphatic heterocycles. The van der Waals surface area contributed by atoms with Gasteiger partial charge < -0.3 is 4.74 Å². The molecule has 2 nitrogen and oxygen atoms in total. The molecule has 6 heteroatoms. The maximum Gasteiger partial charge on any atom is 0.416 e. The number of hydrogen-bond acceptors (Lipinski definition) is 2. The highest BCUT2D eigenvalue weighted by molar-refractivity contribution is 5.34. The first-order chi connectivity index (χ1) is 9.91. The van der Waals surface area contributed by atoms with Crippen LogP contribution >= 0.6 is 0 Å². The number of hydrogen-bond donors (Lipinski definition) is 0. The molecule has 112 valence electrons. The summed E-state index contributed by atoms with van der Waals surface area (Å²) in [6, 6.07) is 5.46. The van der Waals surface area contributed by atoms with Gasteiger partial charge in [-0.15, -0.1) is 0 Å². The summed E-state index contributed by atoms with van der Waals surface area (Å²) < 4.78 is 56.9. The molecule has 0 amide bonds. The first kappa shape index (κ1) is 15.3. The Morgan fingerprint density at radius 2 is 1.76 bits per heavy atom. The van der Waals surface area contributed by atoms with Gasteiger partial charge in [-0.1, -0.05) is 12.1 Å². The SMILES string of the molecule is CCOc1cncc(C(F)c2ccc(C(F)(F)F)cc2)c1. The number of halogens is 4. The first-order valence-electron chi connectivity index (χ1n) is 6.30. The van der Waals surface area contributed by atoms with Crippen LogP contribution in [0.4, 0.5) is 17.6 Å². The summed E-state index contributed by atoms with van der Waals surface area (Å²) in [4.78, 5) is 3.86. The van der Waals surface area contributed by atoms with E-state index < -0.39 is 17.9 Å². The molecule has 0 bridgehead atoms. The van der Waals surface area contributed by atoms with Gasteiger partial charge in [-0.3, -0.25) is 4.98 Å². The lowest BCUT2D eigenvalue weighted by atomic mass is 10.0. The fourth-order valence-corrected chi connectivity index (χ4v) is 1.85. The van der Waals surface area contributed by atoms with E-state index in [2.05, 4.69) is 4.98 Å². The second kappa shape index (κ2) is 6.11. The van der Waals surface area contributed by atoms with Crippen LogP contribution in [-0.4, -0.2) is 11.6 Å². The summed E-state index contributed by atoms with van der Waals surface area (Å²) in [6.07, 6.45) is -3.21. The molecule has 0 saturated carbocycles. The number of benzene rings is 1. The van der Waals surface area contributed by atoms with E-state index in [1.165, 1.54) is 18.5 Å². The van der Waals surface area contributed by atoms with Crippen molar-refractivity contribution < 1.29 is 22.3 Å². The number of rotatable bonds is 4. The summed E-state index contributed by atoms with van der Waals surface area (Å²) in [5.41, 5.74) is -0.432. The molecule has 1 aromatic carbocycles. The van der Waals surface area contributed by atoms with Gasteiger partial charge in [-0.25, -0.2) is 4.39 Å². The summed E-state index contributed by atoms with van der Waals surface area (Å²) in [6.45, 7) is 2.21. The minimum absolute atomic E-state index is 0.137. The Kier molecular flexibility index (Phi) is 4.45. The topological polar surface area (TPSA) is 22.1 Å². The third-order valence-electron chi connectivity index (χ3n) is 2.87. The molecule has 0 spiro atoms. The van der Waals surface area contributed by atoms with Crippen LogP contribution in [0.15, 0.2) is 42.7 Å². The standard InChI is InChI=1S/C15H13F4NO/c1-2-21-13-7-11(8-20-9-13)14(16)10-3-5-12(6-4-10)15(17,18)19/h3-9,14H,2H2,1H3. The van der Waals surface area contributed by atoms with Crippen molar-refractivity contribution in [1.82, 2.24) is 4.98 Å². The predicted molar refractivity (Wildman–Crippen MR) is 69.8 cm³/mol. The van der Waals surface area contributed by atoms with Crippen LogP contribution in [0.2, 0.25) is 0 Å². The Hall–Kier alpha value is -2.11. The van der Waals surface area contributed by atoms with Crippen LogP contribution in [0.5, 0.6) is 5.75 Å². The maximum absolute atomic E-state index is 14.3. The molecule has 1 aromatic heterocycles. The van der Waals surface area contributed by atoms with Gasteiger partial charge in [0, 0.05) is 11.8 Å². The molecule has 0 aliphatic carbocycles. The van der Waals surface area contributed by atoms with Crippen molar-refractivity contribution in [3.8, 4) is 5.75 Å². The van der Waals surface area contributed by atoms with Crippen LogP contribution in [0, 0.1) is 0 Å². The Morgan fingerprint density at radius 1 is 1.10 bits per heavy atom. The molecule has 0 radical (unpaired) electrons. The fraction of sp³-hybridized carbons (Fsp3) is 0.267. The van der Waals surface area contributed by atoms with Crippen molar-refractivity contribution in [1.29, 1.82) is 0 Å². The third-order valence-corrected chi connectivity index (χ3v) is 2.87. The van der Waals surface area contributed by atoms with Gasteiger partial charge >= 0.3 is 6.18 Å². The van der Waals surface area contributed by atoms with Gasteiger partial charge in [0.1, 0.15) is 5.75 Å². The average molecular weight is 299 g/mol. The van der Waals surface area contributed by atoms with E-state index in [0.29, 0.717) is 12.4 Å². The van der Waals surface area contributed by atoms with Crippen LogP contribution in [0.25, 0.3) is 0 Å². The summed E-state index contributed by atoms with van der Waals surface area (Å²) in [5.74, 6) is 0.421. The molecule has 0 saturated heterocycles. The summed E-state index contributed by atoms with van der Waals surface area (Å²) in [5, 5.41) is 0. The average Bonchev–Trinajstić information content (AvgIpc) is 2.46. The van der Waals surface area contributed by atoms with E-state index in [1.807, 2.05) is 0 Å². The third kappa shape index (κ3) is 3.71. The molecule has 0 aliphatic rings. The van der Waals surface area contributed by atoms with Gasteiger partial charge in [0.2, 0.25) is 0 Å². The van der Waals surface area contributed by atoms with Gasteiger partial charge in [0.25, 0.3) is 0 Å². The van der Waals surface area contributed by atoms with Gasteiger partial charge in [0.05, 0.1) is 18.4 Å². The summed E-state index contributed by atoms with van der Waals surface area (Å²) >= 11 is 0. The van der Waals surface area contributed by atoms with E-state index in [0.717, 1.165) is 24.3 Å². The number of aromatic nitrogens is 1. The molecule has 1 atom stereocenters. The lowest BCUT2D eigenvalue weighted by Crippen LogP contribution is -2.05. The zero-order valence-electron chi connectivity index (χ0n) is 11.2. The second-order valence-electron chi connectivity index (χ2n) is 4.37. The van der Waals surface area contributed by atoms with Crippen molar-refractivity contribution in [2.24, 2.45) is 0 Å². The van der Waals surface area contributed by atoms with Crippen LogP contribution in [0.1, 0.15) is 29.8 Å². The summed E-state index contributed by atoms with van der Waals surface area (Å²) in [7, 11) is 0. The van der Waals surface area contributed by atoms with Gasteiger partial charge in [0.15, 0.2) is 6.17 Å². The maximum atomic E-state index is 14.3. The zero-order valence-corrected chi connectivity index (χ0v) is 11.2. The highest BCUT2D eigenvalue weighted by Gasteiger charge is 2.30. The molecule has 1 heterocycles. The normalized spacial score (nSPS) is 13.0. The lowest BCUT2D eigenvalue weighted by Gasteiger charge is -2.12. The Bertz CT molecular complexity index is 595. The molecule has 21 heavy (non-hydrogen) atoms. The second-order valence-corrected chi connectivity index (χ2v) is 4.37. The monoisotopic (exact) mass is 299 g/mol. The largest absolute Gasteiger partial charge is 0.492 e. The van der Waals surface area contributed by atoms with E-state index in [4.69, 9.17) is 4.74 Å². The highest BCUT2D eigenvalue weighted by Crippen LogP contribution is 2.32. The molecule has 0 N–H and O–H groups in total. The van der Waals surface area contributed by atoms with E-state index >= 15 is 0 Å². The van der Waals surface area contributed by atoms with Crippen LogP contribution in [0.3, 0.4) is 0 Å². The van der Waals surface area contributed by atoms with Crippen molar-refractivity contribution >= 4 is 0 Å². The quantitative estimate of drug-likeness (QED) is 0.772.